The molecule has 6 nitrogen and oxygen atoms in total. The summed E-state index contributed by atoms with van der Waals surface area (Å²) in [5.41, 5.74) is 2.59. The monoisotopic (exact) mass is 364 g/mol. The molecule has 1 heterocycles. The first-order chi connectivity index (χ1) is 13.2. The van der Waals surface area contributed by atoms with Crippen molar-refractivity contribution >= 4 is 11.7 Å². The van der Waals surface area contributed by atoms with Crippen molar-refractivity contribution in [2.45, 2.75) is 13.0 Å². The summed E-state index contributed by atoms with van der Waals surface area (Å²) in [6.07, 6.45) is 0.932. The van der Waals surface area contributed by atoms with E-state index in [0.29, 0.717) is 12.1 Å². The minimum Gasteiger partial charge on any atom is -0.497 e. The number of anilines is 1. The molecule has 0 saturated carbocycles. The topological polar surface area (TPSA) is 68.6 Å². The van der Waals surface area contributed by atoms with Crippen LogP contribution in [0.3, 0.4) is 0 Å². The first kappa shape index (κ1) is 18.7. The fourth-order valence-corrected chi connectivity index (χ4v) is 3.18. The summed E-state index contributed by atoms with van der Waals surface area (Å²) in [7, 11) is 1.61. The molecule has 3 rings (SSSR count). The fourth-order valence-electron chi connectivity index (χ4n) is 3.18. The zero-order valence-corrected chi connectivity index (χ0v) is 15.5. The van der Waals surface area contributed by atoms with E-state index < -0.39 is 0 Å². The van der Waals surface area contributed by atoms with Gasteiger partial charge >= 0.3 is 6.03 Å². The molecule has 1 saturated heterocycles. The highest BCUT2D eigenvalue weighted by molar-refractivity contribution is 5.89. The Bertz CT molecular complexity index is 814. The van der Waals surface area contributed by atoms with Crippen molar-refractivity contribution in [3.05, 3.63) is 59.7 Å². The third kappa shape index (κ3) is 5.22. The van der Waals surface area contributed by atoms with Crippen molar-refractivity contribution in [2.24, 2.45) is 0 Å². The third-order valence-corrected chi connectivity index (χ3v) is 4.69. The molecule has 0 atom stereocenters. The molecule has 2 amide bonds. The summed E-state index contributed by atoms with van der Waals surface area (Å²) in [4.78, 5) is 16.8. The van der Waals surface area contributed by atoms with Crippen LogP contribution in [0.2, 0.25) is 0 Å². The van der Waals surface area contributed by atoms with Crippen LogP contribution in [0.5, 0.6) is 5.75 Å². The summed E-state index contributed by atoms with van der Waals surface area (Å²) >= 11 is 0. The van der Waals surface area contributed by atoms with Gasteiger partial charge in [-0.2, -0.15) is 5.26 Å². The first-order valence-electron chi connectivity index (χ1n) is 9.09. The maximum Gasteiger partial charge on any atom is 0.321 e. The molecule has 0 aliphatic carbocycles. The van der Waals surface area contributed by atoms with Gasteiger partial charge in [0.2, 0.25) is 0 Å². The second-order valence-electron chi connectivity index (χ2n) is 6.59. The zero-order valence-electron chi connectivity index (χ0n) is 15.5. The number of carbonyl (C=O) groups is 1. The van der Waals surface area contributed by atoms with Gasteiger partial charge in [-0.05, 0) is 36.2 Å². The number of nitrogens with one attached hydrogen (secondary N) is 1. The Kier molecular flexibility index (Phi) is 6.29. The van der Waals surface area contributed by atoms with Crippen LogP contribution in [0.1, 0.15) is 17.5 Å². The van der Waals surface area contributed by atoms with Crippen LogP contribution in [0, 0.1) is 11.3 Å². The van der Waals surface area contributed by atoms with Crippen LogP contribution in [0.4, 0.5) is 10.5 Å². The Morgan fingerprint density at radius 3 is 2.70 bits per heavy atom. The van der Waals surface area contributed by atoms with Gasteiger partial charge in [-0.3, -0.25) is 4.90 Å². The van der Waals surface area contributed by atoms with Gasteiger partial charge in [0.1, 0.15) is 5.75 Å². The third-order valence-electron chi connectivity index (χ3n) is 4.69. The number of hydrogen-bond donors (Lipinski definition) is 1. The molecular weight excluding hydrogens is 340 g/mol. The van der Waals surface area contributed by atoms with Crippen molar-refractivity contribution in [3.63, 3.8) is 0 Å². The van der Waals surface area contributed by atoms with E-state index in [1.807, 2.05) is 53.4 Å². The van der Waals surface area contributed by atoms with E-state index in [2.05, 4.69) is 16.3 Å². The van der Waals surface area contributed by atoms with Gasteiger partial charge in [0, 0.05) is 44.5 Å². The minimum absolute atomic E-state index is 0.0801. The number of benzene rings is 2. The van der Waals surface area contributed by atoms with E-state index in [9.17, 15) is 4.79 Å². The summed E-state index contributed by atoms with van der Waals surface area (Å²) in [5.74, 6) is 0.720. The highest BCUT2D eigenvalue weighted by Crippen LogP contribution is 2.17. The van der Waals surface area contributed by atoms with Gasteiger partial charge in [0.05, 0.1) is 18.7 Å². The van der Waals surface area contributed by atoms with Gasteiger partial charge < -0.3 is 15.0 Å². The summed E-state index contributed by atoms with van der Waals surface area (Å²) < 4.78 is 5.20. The predicted octanol–water partition coefficient (Wildman–Crippen LogP) is 3.31. The van der Waals surface area contributed by atoms with E-state index in [1.54, 1.807) is 7.11 Å². The van der Waals surface area contributed by atoms with E-state index >= 15 is 0 Å². The maximum atomic E-state index is 12.6. The predicted molar refractivity (Wildman–Crippen MR) is 105 cm³/mol. The Hall–Kier alpha value is -3.04. The van der Waals surface area contributed by atoms with Crippen LogP contribution in [-0.2, 0) is 6.54 Å². The summed E-state index contributed by atoms with van der Waals surface area (Å²) in [6, 6.07) is 17.1. The number of urea groups is 1. The molecule has 2 aromatic rings. The molecule has 27 heavy (non-hydrogen) atoms. The average molecular weight is 364 g/mol. The molecular formula is C21H24N4O2. The van der Waals surface area contributed by atoms with Gasteiger partial charge in [-0.15, -0.1) is 0 Å². The highest BCUT2D eigenvalue weighted by atomic mass is 16.5. The quantitative estimate of drug-likeness (QED) is 0.904. The number of hydrogen-bond acceptors (Lipinski definition) is 4. The molecule has 0 radical (unpaired) electrons. The van der Waals surface area contributed by atoms with E-state index in [0.717, 1.165) is 44.0 Å². The fraction of sp³-hybridized carbons (Fsp3) is 0.333. The van der Waals surface area contributed by atoms with E-state index in [1.165, 1.54) is 5.56 Å². The molecule has 0 aromatic heterocycles. The summed E-state index contributed by atoms with van der Waals surface area (Å²) in [5, 5.41) is 11.8. The van der Waals surface area contributed by atoms with E-state index in [-0.39, 0.29) is 6.03 Å². The largest absolute Gasteiger partial charge is 0.497 e. The molecule has 1 fully saturated rings. The molecule has 0 spiro atoms. The Labute approximate surface area is 160 Å². The number of rotatable bonds is 4. The van der Waals surface area contributed by atoms with Crippen molar-refractivity contribution < 1.29 is 9.53 Å². The molecule has 0 unspecified atom stereocenters. The zero-order chi connectivity index (χ0) is 19.1. The molecule has 1 N–H and O–H groups in total. The van der Waals surface area contributed by atoms with Gasteiger partial charge in [0.15, 0.2) is 0 Å². The van der Waals surface area contributed by atoms with Gasteiger partial charge in [-0.25, -0.2) is 4.79 Å². The average Bonchev–Trinajstić information content (AvgIpc) is 2.94. The van der Waals surface area contributed by atoms with Crippen LogP contribution in [0.15, 0.2) is 48.5 Å². The molecule has 140 valence electrons. The normalized spacial score (nSPS) is 14.9. The maximum absolute atomic E-state index is 12.6. The highest BCUT2D eigenvalue weighted by Gasteiger charge is 2.19. The molecule has 0 bridgehead atoms. The lowest BCUT2D eigenvalue weighted by Gasteiger charge is -2.22. The number of carbonyl (C=O) groups excluding carboxylic acids is 1. The standard InChI is InChI=1S/C21H24N4O2/c1-27-20-5-2-4-19(14-20)23-21(26)25-11-3-10-24(12-13-25)16-18-8-6-17(15-22)7-9-18/h2,4-9,14H,3,10-13,16H2,1H3,(H,23,26). The number of nitrogens with zero attached hydrogens (tertiary/aromatic N) is 3. The number of methoxy groups -OCH3 is 1. The molecule has 1 aliphatic rings. The Balaban J connectivity index is 1.54. The van der Waals surface area contributed by atoms with Crippen molar-refractivity contribution in [1.29, 1.82) is 5.26 Å². The van der Waals surface area contributed by atoms with Crippen LogP contribution >= 0.6 is 0 Å². The number of ether oxygens (including phenoxy) is 1. The minimum atomic E-state index is -0.0801. The molecule has 2 aromatic carbocycles. The van der Waals surface area contributed by atoms with Crippen LogP contribution in [-0.4, -0.2) is 49.1 Å². The van der Waals surface area contributed by atoms with Crippen LogP contribution in [0.25, 0.3) is 0 Å². The molecule has 6 heteroatoms. The van der Waals surface area contributed by atoms with Crippen LogP contribution < -0.4 is 10.1 Å². The SMILES string of the molecule is COc1cccc(NC(=O)N2CCCN(Cc3ccc(C#N)cc3)CC2)c1. The second kappa shape index (κ2) is 9.06. The second-order valence-corrected chi connectivity index (χ2v) is 6.59. The summed E-state index contributed by atoms with van der Waals surface area (Å²) in [6.45, 7) is 4.03. The van der Waals surface area contributed by atoms with E-state index in [4.69, 9.17) is 10.00 Å². The smallest absolute Gasteiger partial charge is 0.321 e. The Morgan fingerprint density at radius 2 is 1.96 bits per heavy atom. The van der Waals surface area contributed by atoms with Gasteiger partial charge in [0.25, 0.3) is 0 Å². The van der Waals surface area contributed by atoms with Crippen molar-refractivity contribution in [2.75, 3.05) is 38.6 Å². The lowest BCUT2D eigenvalue weighted by atomic mass is 10.1. The number of nitriles is 1. The molecule has 1 aliphatic heterocycles. The van der Waals surface area contributed by atoms with Crippen molar-refractivity contribution in [1.82, 2.24) is 9.80 Å². The lowest BCUT2D eigenvalue weighted by Crippen LogP contribution is -2.38. The first-order valence-corrected chi connectivity index (χ1v) is 9.09. The van der Waals surface area contributed by atoms with Gasteiger partial charge in [-0.1, -0.05) is 18.2 Å². The van der Waals surface area contributed by atoms with Crippen molar-refractivity contribution in [3.8, 4) is 11.8 Å². The lowest BCUT2D eigenvalue weighted by molar-refractivity contribution is 0.211. The Morgan fingerprint density at radius 1 is 1.15 bits per heavy atom. The number of amides is 2.